The van der Waals surface area contributed by atoms with E-state index in [1.165, 1.54) is 10.5 Å². The molecule has 7 nitrogen and oxygen atoms in total. The van der Waals surface area contributed by atoms with Crippen molar-refractivity contribution in [1.82, 2.24) is 15.1 Å². The van der Waals surface area contributed by atoms with Crippen LogP contribution in [0.3, 0.4) is 0 Å². The summed E-state index contributed by atoms with van der Waals surface area (Å²) in [5, 5.41) is 11.2. The third-order valence-electron chi connectivity index (χ3n) is 4.81. The van der Waals surface area contributed by atoms with Crippen LogP contribution in [0, 0.1) is 0 Å². The number of carbonyl (C=O) groups is 1. The number of nitrogens with one attached hydrogen (secondary N) is 1. The quantitative estimate of drug-likeness (QED) is 0.846. The fourth-order valence-corrected chi connectivity index (χ4v) is 4.81. The van der Waals surface area contributed by atoms with Crippen LogP contribution < -0.4 is 5.32 Å². The van der Waals surface area contributed by atoms with E-state index in [2.05, 4.69) is 41.5 Å². The molecule has 1 N–H and O–H groups in total. The van der Waals surface area contributed by atoms with Gasteiger partial charge in [-0.25, -0.2) is 8.42 Å². The fourth-order valence-electron chi connectivity index (χ4n) is 3.04. The zero-order valence-corrected chi connectivity index (χ0v) is 16.5. The summed E-state index contributed by atoms with van der Waals surface area (Å²) >= 11 is 0. The van der Waals surface area contributed by atoms with Gasteiger partial charge in [-0.1, -0.05) is 26.0 Å². The van der Waals surface area contributed by atoms with E-state index in [1.54, 1.807) is 19.2 Å². The van der Waals surface area contributed by atoms with Crippen molar-refractivity contribution >= 4 is 27.2 Å². The standard InChI is InChI=1S/C19H24N4O3S/c1-13(2)14-4-6-15(7-5-14)20-18-9-8-17(21-22-18)19(24)23(3)16-10-11-27(25,26)12-16/h4-9,13,16H,10-12H2,1-3H3,(H,20,22). The Kier molecular flexibility index (Phi) is 5.46. The summed E-state index contributed by atoms with van der Waals surface area (Å²) in [5.41, 5.74) is 2.34. The second kappa shape index (κ2) is 7.64. The molecular formula is C19H24N4O3S. The third kappa shape index (κ3) is 4.63. The van der Waals surface area contributed by atoms with E-state index in [-0.39, 0.29) is 29.1 Å². The molecule has 0 spiro atoms. The number of aromatic nitrogens is 2. The molecule has 1 aliphatic heterocycles. The monoisotopic (exact) mass is 388 g/mol. The summed E-state index contributed by atoms with van der Waals surface area (Å²) in [6.45, 7) is 4.28. The van der Waals surface area contributed by atoms with Crippen LogP contribution >= 0.6 is 0 Å². The maximum absolute atomic E-state index is 12.5. The molecule has 1 aromatic heterocycles. The Morgan fingerprint density at radius 2 is 1.85 bits per heavy atom. The Bertz CT molecular complexity index is 909. The number of nitrogens with zero attached hydrogens (tertiary/aromatic N) is 3. The molecule has 2 heterocycles. The first kappa shape index (κ1) is 19.3. The average Bonchev–Trinajstić information content (AvgIpc) is 3.01. The maximum Gasteiger partial charge on any atom is 0.274 e. The van der Waals surface area contributed by atoms with Gasteiger partial charge in [0.25, 0.3) is 5.91 Å². The Morgan fingerprint density at radius 3 is 2.37 bits per heavy atom. The van der Waals surface area contributed by atoms with Crippen molar-refractivity contribution in [3.8, 4) is 0 Å². The van der Waals surface area contributed by atoms with Crippen LogP contribution in [0.2, 0.25) is 0 Å². The second-order valence-electron chi connectivity index (χ2n) is 7.18. The molecule has 1 unspecified atom stereocenters. The lowest BCUT2D eigenvalue weighted by atomic mass is 10.0. The SMILES string of the molecule is CC(C)c1ccc(Nc2ccc(C(=O)N(C)C3CCS(=O)(=O)C3)nn2)cc1. The average molecular weight is 388 g/mol. The topological polar surface area (TPSA) is 92.3 Å². The van der Waals surface area contributed by atoms with Crippen molar-refractivity contribution in [2.75, 3.05) is 23.9 Å². The molecule has 0 bridgehead atoms. The molecular weight excluding hydrogens is 364 g/mol. The van der Waals surface area contributed by atoms with Crippen molar-refractivity contribution in [1.29, 1.82) is 0 Å². The normalized spacial score (nSPS) is 18.4. The summed E-state index contributed by atoms with van der Waals surface area (Å²) in [6, 6.07) is 11.1. The zero-order valence-electron chi connectivity index (χ0n) is 15.7. The number of hydrogen-bond acceptors (Lipinski definition) is 6. The molecule has 144 valence electrons. The van der Waals surface area contributed by atoms with E-state index in [9.17, 15) is 13.2 Å². The molecule has 1 saturated heterocycles. The highest BCUT2D eigenvalue weighted by Gasteiger charge is 2.33. The van der Waals surface area contributed by atoms with Gasteiger partial charge in [0.2, 0.25) is 0 Å². The lowest BCUT2D eigenvalue weighted by Gasteiger charge is -2.22. The van der Waals surface area contributed by atoms with Crippen molar-refractivity contribution in [2.45, 2.75) is 32.2 Å². The molecule has 0 radical (unpaired) electrons. The van der Waals surface area contributed by atoms with E-state index in [1.807, 2.05) is 12.1 Å². The first-order valence-electron chi connectivity index (χ1n) is 8.93. The molecule has 27 heavy (non-hydrogen) atoms. The molecule has 0 saturated carbocycles. The van der Waals surface area contributed by atoms with Crippen molar-refractivity contribution < 1.29 is 13.2 Å². The lowest BCUT2D eigenvalue weighted by Crippen LogP contribution is -2.38. The molecule has 3 rings (SSSR count). The number of sulfone groups is 1. The first-order valence-corrected chi connectivity index (χ1v) is 10.8. The summed E-state index contributed by atoms with van der Waals surface area (Å²) in [7, 11) is -1.44. The zero-order chi connectivity index (χ0) is 19.6. The predicted molar refractivity (Wildman–Crippen MR) is 105 cm³/mol. The Morgan fingerprint density at radius 1 is 1.15 bits per heavy atom. The molecule has 1 atom stereocenters. The van der Waals surface area contributed by atoms with Gasteiger partial charge < -0.3 is 10.2 Å². The van der Waals surface area contributed by atoms with E-state index < -0.39 is 9.84 Å². The summed E-state index contributed by atoms with van der Waals surface area (Å²) in [6.07, 6.45) is 0.462. The Balaban J connectivity index is 1.65. The minimum absolute atomic E-state index is 0.00861. The van der Waals surface area contributed by atoms with Gasteiger partial charge in [0.1, 0.15) is 0 Å². The first-order chi connectivity index (χ1) is 12.7. The molecule has 1 aromatic carbocycles. The molecule has 0 aliphatic carbocycles. The molecule has 1 amide bonds. The second-order valence-corrected chi connectivity index (χ2v) is 9.41. The van der Waals surface area contributed by atoms with Crippen LogP contribution in [0.1, 0.15) is 42.2 Å². The van der Waals surface area contributed by atoms with Gasteiger partial charge in [-0.2, -0.15) is 0 Å². The largest absolute Gasteiger partial charge is 0.339 e. The van der Waals surface area contributed by atoms with E-state index in [4.69, 9.17) is 0 Å². The van der Waals surface area contributed by atoms with Crippen LogP contribution in [-0.2, 0) is 9.84 Å². The summed E-state index contributed by atoms with van der Waals surface area (Å²) < 4.78 is 23.2. The molecule has 8 heteroatoms. The van der Waals surface area contributed by atoms with Gasteiger partial charge in [0, 0.05) is 18.8 Å². The van der Waals surface area contributed by atoms with Crippen LogP contribution in [0.4, 0.5) is 11.5 Å². The van der Waals surface area contributed by atoms with Crippen LogP contribution in [0.5, 0.6) is 0 Å². The van der Waals surface area contributed by atoms with Gasteiger partial charge in [-0.15, -0.1) is 10.2 Å². The maximum atomic E-state index is 12.5. The smallest absolute Gasteiger partial charge is 0.274 e. The highest BCUT2D eigenvalue weighted by Crippen LogP contribution is 2.20. The number of benzene rings is 1. The van der Waals surface area contributed by atoms with Gasteiger partial charge in [-0.05, 0) is 42.2 Å². The lowest BCUT2D eigenvalue weighted by molar-refractivity contribution is 0.0740. The highest BCUT2D eigenvalue weighted by molar-refractivity contribution is 7.91. The van der Waals surface area contributed by atoms with Gasteiger partial charge in [-0.3, -0.25) is 4.79 Å². The summed E-state index contributed by atoms with van der Waals surface area (Å²) in [5.74, 6) is 0.817. The van der Waals surface area contributed by atoms with Gasteiger partial charge >= 0.3 is 0 Å². The van der Waals surface area contributed by atoms with Crippen LogP contribution in [-0.4, -0.2) is 54.0 Å². The number of anilines is 2. The van der Waals surface area contributed by atoms with Crippen LogP contribution in [0.25, 0.3) is 0 Å². The van der Waals surface area contributed by atoms with Gasteiger partial charge in [0.15, 0.2) is 21.3 Å². The van der Waals surface area contributed by atoms with E-state index in [0.29, 0.717) is 18.2 Å². The predicted octanol–water partition coefficient (Wildman–Crippen LogP) is 2.60. The summed E-state index contributed by atoms with van der Waals surface area (Å²) in [4.78, 5) is 14.0. The fraction of sp³-hybridized carbons (Fsp3) is 0.421. The molecule has 2 aromatic rings. The Hall–Kier alpha value is -2.48. The third-order valence-corrected chi connectivity index (χ3v) is 6.56. The number of carbonyl (C=O) groups excluding carboxylic acids is 1. The van der Waals surface area contributed by atoms with Crippen molar-refractivity contribution in [3.05, 3.63) is 47.7 Å². The number of rotatable bonds is 5. The minimum Gasteiger partial charge on any atom is -0.339 e. The minimum atomic E-state index is -3.05. The number of hydrogen-bond donors (Lipinski definition) is 1. The van der Waals surface area contributed by atoms with Crippen LogP contribution in [0.15, 0.2) is 36.4 Å². The van der Waals surface area contributed by atoms with E-state index in [0.717, 1.165) is 5.69 Å². The van der Waals surface area contributed by atoms with Crippen molar-refractivity contribution in [2.24, 2.45) is 0 Å². The Labute approximate surface area is 159 Å². The highest BCUT2D eigenvalue weighted by atomic mass is 32.2. The molecule has 1 aliphatic rings. The molecule has 1 fully saturated rings. The van der Waals surface area contributed by atoms with Gasteiger partial charge in [0.05, 0.1) is 11.5 Å². The van der Waals surface area contributed by atoms with E-state index >= 15 is 0 Å². The number of amides is 1. The van der Waals surface area contributed by atoms with Crippen molar-refractivity contribution in [3.63, 3.8) is 0 Å².